The molecule has 0 bridgehead atoms. The van der Waals surface area contributed by atoms with Crippen molar-refractivity contribution >= 4 is 27.5 Å². The number of halogens is 2. The molecule has 110 valence electrons. The fourth-order valence-corrected chi connectivity index (χ4v) is 3.16. The van der Waals surface area contributed by atoms with Gasteiger partial charge in [-0.3, -0.25) is 9.88 Å². The van der Waals surface area contributed by atoms with Gasteiger partial charge in [-0.2, -0.15) is 0 Å². The molecule has 1 N–H and O–H groups in total. The number of rotatable bonds is 3. The standard InChI is InChI=1S/C16H17BrClN3/c17-14-4-3-12(8-15(14)18)11-21-7-6-20-10-16(21)13-2-1-5-19-9-13/h1-5,8-9,16,20H,6-7,10-11H2. The first-order valence-electron chi connectivity index (χ1n) is 7.02. The van der Waals surface area contributed by atoms with Gasteiger partial charge in [-0.05, 0) is 45.3 Å². The first-order valence-corrected chi connectivity index (χ1v) is 8.20. The molecule has 3 rings (SSSR count). The van der Waals surface area contributed by atoms with Gasteiger partial charge in [0.1, 0.15) is 0 Å². The molecule has 2 heterocycles. The number of pyridine rings is 1. The smallest absolute Gasteiger partial charge is 0.0551 e. The van der Waals surface area contributed by atoms with E-state index in [1.54, 1.807) is 0 Å². The van der Waals surface area contributed by atoms with E-state index in [0.29, 0.717) is 6.04 Å². The topological polar surface area (TPSA) is 28.2 Å². The Hall–Kier alpha value is -0.940. The fraction of sp³-hybridized carbons (Fsp3) is 0.312. The van der Waals surface area contributed by atoms with E-state index < -0.39 is 0 Å². The second-order valence-electron chi connectivity index (χ2n) is 5.23. The highest BCUT2D eigenvalue weighted by molar-refractivity contribution is 9.10. The number of benzene rings is 1. The van der Waals surface area contributed by atoms with Gasteiger partial charge in [0.05, 0.1) is 5.02 Å². The van der Waals surface area contributed by atoms with E-state index in [9.17, 15) is 0 Å². The molecule has 0 radical (unpaired) electrons. The van der Waals surface area contributed by atoms with Gasteiger partial charge >= 0.3 is 0 Å². The molecule has 5 heteroatoms. The first kappa shape index (κ1) is 15.0. The molecule has 1 aromatic carbocycles. The maximum atomic E-state index is 6.20. The van der Waals surface area contributed by atoms with Crippen molar-refractivity contribution in [3.05, 3.63) is 63.3 Å². The number of nitrogens with one attached hydrogen (secondary N) is 1. The Morgan fingerprint density at radius 3 is 3.05 bits per heavy atom. The Balaban J connectivity index is 1.79. The maximum absolute atomic E-state index is 6.20. The Morgan fingerprint density at radius 1 is 1.38 bits per heavy atom. The zero-order valence-corrected chi connectivity index (χ0v) is 13.9. The summed E-state index contributed by atoms with van der Waals surface area (Å²) in [7, 11) is 0. The predicted molar refractivity (Wildman–Crippen MR) is 89.4 cm³/mol. The van der Waals surface area contributed by atoms with E-state index >= 15 is 0 Å². The lowest BCUT2D eigenvalue weighted by Gasteiger charge is -2.36. The minimum absolute atomic E-state index is 0.356. The van der Waals surface area contributed by atoms with E-state index in [0.717, 1.165) is 35.7 Å². The van der Waals surface area contributed by atoms with Gasteiger partial charge in [-0.25, -0.2) is 0 Å². The fourth-order valence-electron chi connectivity index (χ4n) is 2.71. The van der Waals surface area contributed by atoms with Gasteiger partial charge in [-0.1, -0.05) is 23.7 Å². The normalized spacial score (nSPS) is 19.6. The zero-order valence-electron chi connectivity index (χ0n) is 11.6. The Labute approximate surface area is 138 Å². The van der Waals surface area contributed by atoms with Gasteiger partial charge in [0.2, 0.25) is 0 Å². The number of hydrogen-bond acceptors (Lipinski definition) is 3. The van der Waals surface area contributed by atoms with Crippen LogP contribution < -0.4 is 5.32 Å². The van der Waals surface area contributed by atoms with Crippen LogP contribution in [0.2, 0.25) is 5.02 Å². The van der Waals surface area contributed by atoms with Crippen LogP contribution >= 0.6 is 27.5 Å². The predicted octanol–water partition coefficient (Wildman–Crippen LogP) is 3.64. The van der Waals surface area contributed by atoms with Crippen molar-refractivity contribution in [1.82, 2.24) is 15.2 Å². The van der Waals surface area contributed by atoms with Crippen LogP contribution in [0.4, 0.5) is 0 Å². The van der Waals surface area contributed by atoms with E-state index in [2.05, 4.69) is 43.3 Å². The molecule has 1 aliphatic rings. The number of aromatic nitrogens is 1. The summed E-state index contributed by atoms with van der Waals surface area (Å²) in [5.74, 6) is 0. The summed E-state index contributed by atoms with van der Waals surface area (Å²) in [4.78, 5) is 6.72. The van der Waals surface area contributed by atoms with Crippen molar-refractivity contribution in [2.24, 2.45) is 0 Å². The Bertz CT molecular complexity index is 606. The third-order valence-electron chi connectivity index (χ3n) is 3.79. The third-order valence-corrected chi connectivity index (χ3v) is 5.03. The van der Waals surface area contributed by atoms with Crippen molar-refractivity contribution in [3.63, 3.8) is 0 Å². The molecule has 0 amide bonds. The van der Waals surface area contributed by atoms with E-state index in [4.69, 9.17) is 11.6 Å². The number of nitrogens with zero attached hydrogens (tertiary/aromatic N) is 2. The van der Waals surface area contributed by atoms with Crippen LogP contribution in [0.1, 0.15) is 17.2 Å². The SMILES string of the molecule is Clc1cc(CN2CCNCC2c2cccnc2)ccc1Br. The van der Waals surface area contributed by atoms with Crippen molar-refractivity contribution < 1.29 is 0 Å². The molecule has 2 aromatic rings. The van der Waals surface area contributed by atoms with Crippen LogP contribution in [-0.2, 0) is 6.54 Å². The van der Waals surface area contributed by atoms with Crippen LogP contribution in [0.5, 0.6) is 0 Å². The summed E-state index contributed by atoms with van der Waals surface area (Å²) in [5.41, 5.74) is 2.49. The molecule has 21 heavy (non-hydrogen) atoms. The quantitative estimate of drug-likeness (QED) is 0.899. The minimum Gasteiger partial charge on any atom is -0.314 e. The second kappa shape index (κ2) is 6.88. The van der Waals surface area contributed by atoms with Crippen LogP contribution in [0.15, 0.2) is 47.2 Å². The highest BCUT2D eigenvalue weighted by Gasteiger charge is 2.23. The first-order chi connectivity index (χ1) is 10.2. The largest absolute Gasteiger partial charge is 0.314 e. The summed E-state index contributed by atoms with van der Waals surface area (Å²) in [6.07, 6.45) is 3.78. The van der Waals surface area contributed by atoms with E-state index in [-0.39, 0.29) is 0 Å². The van der Waals surface area contributed by atoms with Crippen LogP contribution in [0.25, 0.3) is 0 Å². The Morgan fingerprint density at radius 2 is 2.29 bits per heavy atom. The summed E-state index contributed by atoms with van der Waals surface area (Å²) < 4.78 is 0.942. The molecule has 0 saturated carbocycles. The molecule has 1 unspecified atom stereocenters. The second-order valence-corrected chi connectivity index (χ2v) is 6.49. The molecular formula is C16H17BrClN3. The molecular weight excluding hydrogens is 350 g/mol. The van der Waals surface area contributed by atoms with Gasteiger partial charge in [0, 0.05) is 49.1 Å². The van der Waals surface area contributed by atoms with Gasteiger partial charge in [0.15, 0.2) is 0 Å². The molecule has 1 aromatic heterocycles. The third kappa shape index (κ3) is 3.64. The lowest BCUT2D eigenvalue weighted by Crippen LogP contribution is -2.45. The Kier molecular flexibility index (Phi) is 4.91. The van der Waals surface area contributed by atoms with Gasteiger partial charge in [0.25, 0.3) is 0 Å². The van der Waals surface area contributed by atoms with Crippen LogP contribution in [0, 0.1) is 0 Å². The molecule has 1 saturated heterocycles. The van der Waals surface area contributed by atoms with Gasteiger partial charge in [-0.15, -0.1) is 0 Å². The molecule has 0 spiro atoms. The lowest BCUT2D eigenvalue weighted by molar-refractivity contribution is 0.153. The van der Waals surface area contributed by atoms with Crippen molar-refractivity contribution in [2.75, 3.05) is 19.6 Å². The average molecular weight is 367 g/mol. The maximum Gasteiger partial charge on any atom is 0.0551 e. The molecule has 0 aliphatic carbocycles. The summed E-state index contributed by atoms with van der Waals surface area (Å²) in [6, 6.07) is 10.7. The monoisotopic (exact) mass is 365 g/mol. The minimum atomic E-state index is 0.356. The zero-order chi connectivity index (χ0) is 14.7. The van der Waals surface area contributed by atoms with Crippen molar-refractivity contribution in [1.29, 1.82) is 0 Å². The van der Waals surface area contributed by atoms with Crippen LogP contribution in [0.3, 0.4) is 0 Å². The van der Waals surface area contributed by atoms with Gasteiger partial charge < -0.3 is 5.32 Å². The summed E-state index contributed by atoms with van der Waals surface area (Å²) in [6.45, 7) is 3.89. The van der Waals surface area contributed by atoms with Crippen molar-refractivity contribution in [2.45, 2.75) is 12.6 Å². The van der Waals surface area contributed by atoms with E-state index in [1.807, 2.05) is 30.6 Å². The lowest BCUT2D eigenvalue weighted by atomic mass is 10.0. The molecule has 1 atom stereocenters. The molecule has 1 fully saturated rings. The van der Waals surface area contributed by atoms with Crippen molar-refractivity contribution in [3.8, 4) is 0 Å². The summed E-state index contributed by atoms with van der Waals surface area (Å²) in [5, 5.41) is 4.23. The highest BCUT2D eigenvalue weighted by Crippen LogP contribution is 2.27. The van der Waals surface area contributed by atoms with Crippen LogP contribution in [-0.4, -0.2) is 29.5 Å². The highest BCUT2D eigenvalue weighted by atomic mass is 79.9. The van der Waals surface area contributed by atoms with E-state index in [1.165, 1.54) is 11.1 Å². The number of hydrogen-bond donors (Lipinski definition) is 1. The average Bonchev–Trinajstić information content (AvgIpc) is 2.52. The molecule has 3 nitrogen and oxygen atoms in total. The number of piperazine rings is 1. The molecule has 1 aliphatic heterocycles. The summed E-state index contributed by atoms with van der Waals surface area (Å²) >= 11 is 9.64.